The van der Waals surface area contributed by atoms with Crippen molar-refractivity contribution in [2.75, 3.05) is 0 Å². The Bertz CT molecular complexity index is 404. The molecule has 0 aliphatic carbocycles. The standard InChI is InChI=1S/C14H27N3O4S/c1-7(2)5-8(3)12(19)9(4)13(20)16-10(6-11(15)18)14(21)17-22/h7-10,12,19,22H,5-6H2,1-4H3,(H2,15,18)(H,16,20)(H,17,21). The maximum Gasteiger partial charge on any atom is 0.252 e. The molecular weight excluding hydrogens is 306 g/mol. The Morgan fingerprint density at radius 1 is 1.14 bits per heavy atom. The number of rotatable bonds is 9. The van der Waals surface area contributed by atoms with Gasteiger partial charge in [-0.3, -0.25) is 14.4 Å². The van der Waals surface area contributed by atoms with Gasteiger partial charge in [0.25, 0.3) is 5.91 Å². The van der Waals surface area contributed by atoms with Crippen LogP contribution in [0.5, 0.6) is 0 Å². The maximum absolute atomic E-state index is 12.2. The van der Waals surface area contributed by atoms with Crippen LogP contribution in [0.3, 0.4) is 0 Å². The highest BCUT2D eigenvalue weighted by Gasteiger charge is 2.30. The first-order valence-electron chi connectivity index (χ1n) is 7.30. The number of hydrogen-bond acceptors (Lipinski definition) is 5. The summed E-state index contributed by atoms with van der Waals surface area (Å²) in [6.07, 6.45) is -0.390. The first-order chi connectivity index (χ1) is 10.1. The number of primary amides is 1. The lowest BCUT2D eigenvalue weighted by Crippen LogP contribution is -2.50. The molecule has 7 nitrogen and oxygen atoms in total. The van der Waals surface area contributed by atoms with Gasteiger partial charge in [-0.05, 0) is 18.3 Å². The van der Waals surface area contributed by atoms with Crippen LogP contribution >= 0.6 is 12.8 Å². The van der Waals surface area contributed by atoms with E-state index >= 15 is 0 Å². The average Bonchev–Trinajstić information content (AvgIpc) is 2.42. The fourth-order valence-electron chi connectivity index (χ4n) is 2.32. The SMILES string of the molecule is CC(C)CC(C)C(O)C(C)C(=O)NC(CC(N)=O)C(=O)NS. The first kappa shape index (κ1) is 20.7. The minimum atomic E-state index is -1.10. The molecular formula is C14H27N3O4S. The predicted octanol–water partition coefficient (Wildman–Crippen LogP) is -0.0132. The lowest BCUT2D eigenvalue weighted by molar-refractivity contribution is -0.134. The fourth-order valence-corrected chi connectivity index (χ4v) is 2.48. The van der Waals surface area contributed by atoms with E-state index < -0.39 is 35.8 Å². The van der Waals surface area contributed by atoms with Crippen LogP contribution in [0.25, 0.3) is 0 Å². The second-order valence-corrected chi connectivity index (χ2v) is 6.32. The second-order valence-electron chi connectivity index (χ2n) is 6.09. The summed E-state index contributed by atoms with van der Waals surface area (Å²) in [4.78, 5) is 34.7. The van der Waals surface area contributed by atoms with E-state index in [-0.39, 0.29) is 12.3 Å². The summed E-state index contributed by atoms with van der Waals surface area (Å²) in [5, 5.41) is 12.7. The summed E-state index contributed by atoms with van der Waals surface area (Å²) < 4.78 is 2.06. The lowest BCUT2D eigenvalue weighted by Gasteiger charge is -2.26. The van der Waals surface area contributed by atoms with Gasteiger partial charge >= 0.3 is 0 Å². The van der Waals surface area contributed by atoms with Crippen molar-refractivity contribution in [3.05, 3.63) is 0 Å². The number of carbonyl (C=O) groups excluding carboxylic acids is 3. The molecule has 4 unspecified atom stereocenters. The van der Waals surface area contributed by atoms with Gasteiger partial charge in [0.15, 0.2) is 0 Å². The van der Waals surface area contributed by atoms with E-state index in [0.717, 1.165) is 6.42 Å². The van der Waals surface area contributed by atoms with Crippen LogP contribution in [-0.4, -0.2) is 35.0 Å². The number of thiol groups is 1. The van der Waals surface area contributed by atoms with Gasteiger partial charge in [0.1, 0.15) is 6.04 Å². The third-order valence-corrected chi connectivity index (χ3v) is 3.72. The molecule has 128 valence electrons. The highest BCUT2D eigenvalue weighted by molar-refractivity contribution is 7.78. The zero-order chi connectivity index (χ0) is 17.4. The molecule has 0 spiro atoms. The fraction of sp³-hybridized carbons (Fsp3) is 0.786. The first-order valence-corrected chi connectivity index (χ1v) is 7.75. The van der Waals surface area contributed by atoms with Crippen molar-refractivity contribution in [1.82, 2.24) is 10.0 Å². The van der Waals surface area contributed by atoms with Crippen LogP contribution in [0.1, 0.15) is 40.5 Å². The quantitative estimate of drug-likeness (QED) is 0.381. The van der Waals surface area contributed by atoms with Gasteiger partial charge in [0, 0.05) is 0 Å². The molecule has 0 aromatic heterocycles. The molecule has 0 rings (SSSR count). The largest absolute Gasteiger partial charge is 0.392 e. The summed E-state index contributed by atoms with van der Waals surface area (Å²) in [5.74, 6) is -2.23. The van der Waals surface area contributed by atoms with Gasteiger partial charge in [-0.1, -0.05) is 40.5 Å². The smallest absolute Gasteiger partial charge is 0.252 e. The summed E-state index contributed by atoms with van der Waals surface area (Å²) in [6.45, 7) is 7.52. The molecule has 0 radical (unpaired) electrons. The number of amides is 3. The van der Waals surface area contributed by atoms with E-state index in [1.165, 1.54) is 0 Å². The predicted molar refractivity (Wildman–Crippen MR) is 86.7 cm³/mol. The van der Waals surface area contributed by atoms with E-state index in [1.54, 1.807) is 6.92 Å². The Labute approximate surface area is 136 Å². The Morgan fingerprint density at radius 3 is 2.09 bits per heavy atom. The summed E-state index contributed by atoms with van der Waals surface area (Å²) in [7, 11) is 0. The molecule has 0 aliphatic heterocycles. The molecule has 0 fully saturated rings. The molecule has 0 aliphatic rings. The highest BCUT2D eigenvalue weighted by Crippen LogP contribution is 2.20. The number of aliphatic hydroxyl groups excluding tert-OH is 1. The molecule has 3 amide bonds. The topological polar surface area (TPSA) is 122 Å². The molecule has 4 atom stereocenters. The summed E-state index contributed by atoms with van der Waals surface area (Å²) >= 11 is 3.61. The van der Waals surface area contributed by atoms with Crippen LogP contribution in [-0.2, 0) is 14.4 Å². The van der Waals surface area contributed by atoms with Crippen LogP contribution in [0, 0.1) is 17.8 Å². The van der Waals surface area contributed by atoms with Crippen molar-refractivity contribution < 1.29 is 19.5 Å². The molecule has 0 bridgehead atoms. The molecule has 0 saturated heterocycles. The second kappa shape index (κ2) is 9.68. The highest BCUT2D eigenvalue weighted by atomic mass is 32.1. The monoisotopic (exact) mass is 333 g/mol. The van der Waals surface area contributed by atoms with Crippen molar-refractivity contribution in [1.29, 1.82) is 0 Å². The van der Waals surface area contributed by atoms with Crippen LogP contribution in [0.2, 0.25) is 0 Å². The Hall–Kier alpha value is -1.28. The van der Waals surface area contributed by atoms with Crippen molar-refractivity contribution >= 4 is 30.5 Å². The van der Waals surface area contributed by atoms with Gasteiger partial charge in [-0.15, -0.1) is 0 Å². The lowest BCUT2D eigenvalue weighted by atomic mass is 9.87. The minimum Gasteiger partial charge on any atom is -0.392 e. The van der Waals surface area contributed by atoms with E-state index in [2.05, 4.69) is 22.9 Å². The van der Waals surface area contributed by atoms with Gasteiger partial charge in [-0.2, -0.15) is 0 Å². The van der Waals surface area contributed by atoms with Crippen LogP contribution in [0.4, 0.5) is 0 Å². The Balaban J connectivity index is 4.77. The minimum absolute atomic E-state index is 0.0611. The van der Waals surface area contributed by atoms with E-state index in [4.69, 9.17) is 5.73 Å². The molecule has 0 aromatic rings. The van der Waals surface area contributed by atoms with E-state index in [1.807, 2.05) is 20.8 Å². The number of nitrogens with two attached hydrogens (primary N) is 1. The van der Waals surface area contributed by atoms with Crippen LogP contribution in [0.15, 0.2) is 0 Å². The van der Waals surface area contributed by atoms with E-state index in [9.17, 15) is 19.5 Å². The van der Waals surface area contributed by atoms with Crippen LogP contribution < -0.4 is 15.8 Å². The number of aliphatic hydroxyl groups is 1. The Morgan fingerprint density at radius 2 is 1.68 bits per heavy atom. The normalized spacial score (nSPS) is 16.5. The molecule has 5 N–H and O–H groups in total. The third-order valence-electron chi connectivity index (χ3n) is 3.50. The molecule has 0 heterocycles. The molecule has 0 aromatic carbocycles. The van der Waals surface area contributed by atoms with Gasteiger partial charge in [0.05, 0.1) is 18.4 Å². The summed E-state index contributed by atoms with van der Waals surface area (Å²) in [6, 6.07) is -1.10. The number of carbonyl (C=O) groups is 3. The zero-order valence-corrected chi connectivity index (χ0v) is 14.4. The van der Waals surface area contributed by atoms with Crippen molar-refractivity contribution in [3.8, 4) is 0 Å². The van der Waals surface area contributed by atoms with Crippen molar-refractivity contribution in [3.63, 3.8) is 0 Å². The van der Waals surface area contributed by atoms with Gasteiger partial charge < -0.3 is 20.9 Å². The van der Waals surface area contributed by atoms with Gasteiger partial charge in [-0.25, -0.2) is 0 Å². The molecule has 8 heteroatoms. The van der Waals surface area contributed by atoms with Gasteiger partial charge in [0.2, 0.25) is 11.8 Å². The van der Waals surface area contributed by atoms with Crippen molar-refractivity contribution in [2.45, 2.75) is 52.7 Å². The Kier molecular flexibility index (Phi) is 9.12. The van der Waals surface area contributed by atoms with E-state index in [0.29, 0.717) is 5.92 Å². The maximum atomic E-state index is 12.2. The third kappa shape index (κ3) is 7.13. The number of nitrogens with one attached hydrogen (secondary N) is 2. The zero-order valence-electron chi connectivity index (χ0n) is 13.5. The average molecular weight is 333 g/mol. The molecule has 22 heavy (non-hydrogen) atoms. The summed E-state index contributed by atoms with van der Waals surface area (Å²) in [5.41, 5.74) is 5.06. The number of hydrogen-bond donors (Lipinski definition) is 5. The molecule has 0 saturated carbocycles. The van der Waals surface area contributed by atoms with Crippen molar-refractivity contribution in [2.24, 2.45) is 23.5 Å².